The van der Waals surface area contributed by atoms with Crippen LogP contribution in [0.3, 0.4) is 0 Å². The molecule has 1 fully saturated rings. The lowest BCUT2D eigenvalue weighted by Crippen LogP contribution is -2.20. The van der Waals surface area contributed by atoms with E-state index in [2.05, 4.69) is 37.3 Å². The van der Waals surface area contributed by atoms with E-state index in [-0.39, 0.29) is 11.3 Å². The minimum Gasteiger partial charge on any atom is -0.496 e. The lowest BCUT2D eigenvalue weighted by Gasteiger charge is -2.17. The minimum atomic E-state index is -0.301. The Labute approximate surface area is 163 Å². The molecule has 0 aliphatic heterocycles. The number of carbonyl (C=O) groups is 1. The highest BCUT2D eigenvalue weighted by Crippen LogP contribution is 2.33. The fourth-order valence-electron chi connectivity index (χ4n) is 3.03. The standard InChI is InChI=1S/C20H25ClN2O2S/c1-12-17(20(2,3)4)26-19(23(12)11-13-6-7-13)22-18(24)15-9-8-14(21)10-16(15)25-5/h8-10,13H,6-7,11H2,1-5H3. The predicted octanol–water partition coefficient (Wildman–Crippen LogP) is 4.97. The van der Waals surface area contributed by atoms with Crippen LogP contribution in [-0.2, 0) is 12.0 Å². The third-order valence-corrected chi connectivity index (χ3v) is 6.41. The molecular weight excluding hydrogens is 368 g/mol. The van der Waals surface area contributed by atoms with Crippen LogP contribution < -0.4 is 9.54 Å². The van der Waals surface area contributed by atoms with Crippen LogP contribution in [0, 0.1) is 12.8 Å². The van der Waals surface area contributed by atoms with Crippen molar-refractivity contribution in [1.29, 1.82) is 0 Å². The molecule has 1 heterocycles. The summed E-state index contributed by atoms with van der Waals surface area (Å²) in [5.41, 5.74) is 1.66. The van der Waals surface area contributed by atoms with Crippen molar-refractivity contribution >= 4 is 28.8 Å². The highest BCUT2D eigenvalue weighted by atomic mass is 35.5. The van der Waals surface area contributed by atoms with E-state index in [1.807, 2.05) is 0 Å². The van der Waals surface area contributed by atoms with Crippen molar-refractivity contribution < 1.29 is 9.53 Å². The number of aromatic nitrogens is 1. The molecule has 0 saturated heterocycles. The Balaban J connectivity index is 2.08. The van der Waals surface area contributed by atoms with Gasteiger partial charge in [-0.1, -0.05) is 32.4 Å². The van der Waals surface area contributed by atoms with Crippen LogP contribution in [0.4, 0.5) is 0 Å². The van der Waals surface area contributed by atoms with Gasteiger partial charge in [0.05, 0.1) is 12.7 Å². The summed E-state index contributed by atoms with van der Waals surface area (Å²) < 4.78 is 7.52. The van der Waals surface area contributed by atoms with Crippen LogP contribution >= 0.6 is 22.9 Å². The van der Waals surface area contributed by atoms with E-state index >= 15 is 0 Å². The first kappa shape index (κ1) is 19.2. The summed E-state index contributed by atoms with van der Waals surface area (Å²) in [6.45, 7) is 9.65. The van der Waals surface area contributed by atoms with Gasteiger partial charge in [0.25, 0.3) is 5.91 Å². The second-order valence-electron chi connectivity index (χ2n) is 7.86. The topological polar surface area (TPSA) is 43.6 Å². The van der Waals surface area contributed by atoms with Gasteiger partial charge in [0, 0.05) is 22.1 Å². The number of rotatable bonds is 4. The second-order valence-corrected chi connectivity index (χ2v) is 9.28. The van der Waals surface area contributed by atoms with Gasteiger partial charge in [0.2, 0.25) is 0 Å². The molecule has 26 heavy (non-hydrogen) atoms. The Morgan fingerprint density at radius 1 is 1.38 bits per heavy atom. The van der Waals surface area contributed by atoms with Crippen molar-refractivity contribution in [3.63, 3.8) is 0 Å². The Hall–Kier alpha value is -1.59. The Kier molecular flexibility index (Phi) is 5.31. The predicted molar refractivity (Wildman–Crippen MR) is 106 cm³/mol. The zero-order valence-corrected chi connectivity index (χ0v) is 17.5. The molecule has 0 spiro atoms. The van der Waals surface area contributed by atoms with E-state index in [1.165, 1.54) is 30.5 Å². The lowest BCUT2D eigenvalue weighted by atomic mass is 9.93. The van der Waals surface area contributed by atoms with Crippen LogP contribution in [-0.4, -0.2) is 17.6 Å². The van der Waals surface area contributed by atoms with Crippen LogP contribution in [0.5, 0.6) is 5.75 Å². The van der Waals surface area contributed by atoms with Gasteiger partial charge < -0.3 is 9.30 Å². The zero-order valence-electron chi connectivity index (χ0n) is 15.9. The van der Waals surface area contributed by atoms with Crippen molar-refractivity contribution in [2.45, 2.75) is 52.5 Å². The van der Waals surface area contributed by atoms with E-state index in [4.69, 9.17) is 16.3 Å². The van der Waals surface area contributed by atoms with Gasteiger partial charge in [-0.15, -0.1) is 11.3 Å². The number of amides is 1. The van der Waals surface area contributed by atoms with Crippen LogP contribution in [0.15, 0.2) is 23.2 Å². The van der Waals surface area contributed by atoms with E-state index in [0.717, 1.165) is 11.3 Å². The molecule has 1 aromatic heterocycles. The van der Waals surface area contributed by atoms with E-state index in [0.29, 0.717) is 22.3 Å². The molecule has 6 heteroatoms. The van der Waals surface area contributed by atoms with E-state index in [1.54, 1.807) is 29.5 Å². The first-order chi connectivity index (χ1) is 12.2. The molecule has 3 rings (SSSR count). The highest BCUT2D eigenvalue weighted by molar-refractivity contribution is 7.09. The monoisotopic (exact) mass is 392 g/mol. The molecule has 1 aliphatic carbocycles. The third kappa shape index (κ3) is 4.04. The number of carbonyl (C=O) groups excluding carboxylic acids is 1. The normalized spacial score (nSPS) is 15.4. The number of halogens is 1. The van der Waals surface area contributed by atoms with Crippen LogP contribution in [0.1, 0.15) is 54.5 Å². The first-order valence-corrected chi connectivity index (χ1v) is 10.0. The van der Waals surface area contributed by atoms with Crippen molar-refractivity contribution in [3.8, 4) is 5.75 Å². The molecule has 0 radical (unpaired) electrons. The number of hydrogen-bond acceptors (Lipinski definition) is 3. The molecule has 0 bridgehead atoms. The summed E-state index contributed by atoms with van der Waals surface area (Å²) in [6, 6.07) is 5.00. The molecule has 0 unspecified atom stereocenters. The molecule has 0 N–H and O–H groups in total. The summed E-state index contributed by atoms with van der Waals surface area (Å²) in [7, 11) is 1.53. The van der Waals surface area contributed by atoms with Crippen molar-refractivity contribution in [1.82, 2.24) is 4.57 Å². The summed E-state index contributed by atoms with van der Waals surface area (Å²) in [6.07, 6.45) is 2.51. The number of hydrogen-bond donors (Lipinski definition) is 0. The fraction of sp³-hybridized carbons (Fsp3) is 0.500. The van der Waals surface area contributed by atoms with Crippen molar-refractivity contribution in [2.75, 3.05) is 7.11 Å². The van der Waals surface area contributed by atoms with Gasteiger partial charge in [0.15, 0.2) is 4.80 Å². The molecule has 2 aromatic rings. The van der Waals surface area contributed by atoms with Crippen molar-refractivity contribution in [2.24, 2.45) is 10.9 Å². The summed E-state index contributed by atoms with van der Waals surface area (Å²) in [5.74, 6) is 0.851. The van der Waals surface area contributed by atoms with Gasteiger partial charge in [0.1, 0.15) is 5.75 Å². The summed E-state index contributed by atoms with van der Waals surface area (Å²) in [5, 5.41) is 0.532. The number of benzene rings is 1. The SMILES string of the molecule is COc1cc(Cl)ccc1C(=O)N=c1sc(C(C)(C)C)c(C)n1CC1CC1. The number of methoxy groups -OCH3 is 1. The Morgan fingerprint density at radius 3 is 2.65 bits per heavy atom. The van der Waals surface area contributed by atoms with Gasteiger partial charge in [-0.2, -0.15) is 4.99 Å². The number of nitrogens with zero attached hydrogens (tertiary/aromatic N) is 2. The molecular formula is C20H25ClN2O2S. The molecule has 4 nitrogen and oxygen atoms in total. The maximum atomic E-state index is 12.8. The average molecular weight is 393 g/mol. The molecule has 1 aliphatic rings. The second kappa shape index (κ2) is 7.20. The van der Waals surface area contributed by atoms with Crippen molar-refractivity contribution in [3.05, 3.63) is 44.2 Å². The number of ether oxygens (including phenoxy) is 1. The average Bonchev–Trinajstić information content (AvgIpc) is 3.33. The molecule has 0 atom stereocenters. The molecule has 1 amide bonds. The van der Waals surface area contributed by atoms with Gasteiger partial charge in [-0.3, -0.25) is 4.79 Å². The Bertz CT molecular complexity index is 902. The zero-order chi connectivity index (χ0) is 19.1. The molecule has 1 aromatic carbocycles. The van der Waals surface area contributed by atoms with Gasteiger partial charge >= 0.3 is 0 Å². The largest absolute Gasteiger partial charge is 0.496 e. The maximum absolute atomic E-state index is 12.8. The minimum absolute atomic E-state index is 0.0226. The summed E-state index contributed by atoms with van der Waals surface area (Å²) in [4.78, 5) is 19.3. The van der Waals surface area contributed by atoms with Crippen LogP contribution in [0.25, 0.3) is 0 Å². The highest BCUT2D eigenvalue weighted by Gasteiger charge is 2.27. The molecule has 140 valence electrons. The quantitative estimate of drug-likeness (QED) is 0.737. The van der Waals surface area contributed by atoms with E-state index < -0.39 is 0 Å². The lowest BCUT2D eigenvalue weighted by molar-refractivity contribution is 0.0994. The smallest absolute Gasteiger partial charge is 0.283 e. The maximum Gasteiger partial charge on any atom is 0.283 e. The number of thiazole rings is 1. The van der Waals surface area contributed by atoms with Crippen LogP contribution in [0.2, 0.25) is 5.02 Å². The van der Waals surface area contributed by atoms with Gasteiger partial charge in [-0.05, 0) is 49.3 Å². The fourth-order valence-corrected chi connectivity index (χ4v) is 4.39. The third-order valence-electron chi connectivity index (χ3n) is 4.57. The van der Waals surface area contributed by atoms with Gasteiger partial charge in [-0.25, -0.2) is 0 Å². The first-order valence-electron chi connectivity index (χ1n) is 8.84. The van der Waals surface area contributed by atoms with E-state index in [9.17, 15) is 4.79 Å². The Morgan fingerprint density at radius 2 is 2.08 bits per heavy atom. The molecule has 1 saturated carbocycles. The summed E-state index contributed by atoms with van der Waals surface area (Å²) >= 11 is 7.61.